The molecule has 0 unspecified atom stereocenters. The first-order valence-electron chi connectivity index (χ1n) is 6.90. The Balaban J connectivity index is 2.48. The zero-order valence-electron chi connectivity index (χ0n) is 12.8. The summed E-state index contributed by atoms with van der Waals surface area (Å²) in [6.07, 6.45) is 1.55. The molecule has 2 heterocycles. The molecule has 4 nitrogen and oxygen atoms in total. The number of aromatic nitrogens is 1. The first kappa shape index (κ1) is 16.8. The highest BCUT2D eigenvalue weighted by Crippen LogP contribution is 2.24. The van der Waals surface area contributed by atoms with Gasteiger partial charge >= 0.3 is 0 Å². The lowest BCUT2D eigenvalue weighted by Gasteiger charge is -2.18. The lowest BCUT2D eigenvalue weighted by atomic mass is 10.1. The second kappa shape index (κ2) is 6.09. The van der Waals surface area contributed by atoms with Gasteiger partial charge < -0.3 is 8.97 Å². The van der Waals surface area contributed by atoms with E-state index in [4.69, 9.17) is 16.0 Å². The molecule has 0 N–H and O–H groups in total. The first-order valence-corrected chi connectivity index (χ1v) is 9.18. The Morgan fingerprint density at radius 2 is 1.91 bits per heavy atom. The van der Waals surface area contributed by atoms with E-state index in [1.807, 2.05) is 39.0 Å². The molecule has 0 aliphatic heterocycles. The van der Waals surface area contributed by atoms with E-state index < -0.39 is 16.1 Å². The molecule has 3 aromatic rings. The summed E-state index contributed by atoms with van der Waals surface area (Å²) in [4.78, 5) is 4.05. The van der Waals surface area contributed by atoms with Crippen LogP contribution in [0.1, 0.15) is 20.8 Å². The first-order chi connectivity index (χ1) is 10.8. The fourth-order valence-electron chi connectivity index (χ4n) is 2.04. The van der Waals surface area contributed by atoms with Crippen LogP contribution in [0.25, 0.3) is 21.9 Å². The van der Waals surface area contributed by atoms with E-state index in [2.05, 4.69) is 25.3 Å². The molecule has 0 amide bonds. The molecule has 0 radical (unpaired) electrons. The molecule has 23 heavy (non-hydrogen) atoms. The lowest BCUT2D eigenvalue weighted by molar-refractivity contribution is 0.560. The van der Waals surface area contributed by atoms with E-state index in [0.29, 0.717) is 27.1 Å². The second-order valence-electron chi connectivity index (χ2n) is 6.05. The number of benzene rings is 1. The van der Waals surface area contributed by atoms with Crippen molar-refractivity contribution in [3.05, 3.63) is 45.4 Å². The largest absolute Gasteiger partial charge is 0.591 e. The van der Waals surface area contributed by atoms with Crippen molar-refractivity contribution >= 4 is 60.8 Å². The molecule has 0 saturated heterocycles. The molecule has 0 aliphatic carbocycles. The van der Waals surface area contributed by atoms with Gasteiger partial charge in [0.2, 0.25) is 0 Å². The Labute approximate surface area is 150 Å². The molecule has 7 heteroatoms. The van der Waals surface area contributed by atoms with E-state index in [9.17, 15) is 4.55 Å². The predicted octanol–water partition coefficient (Wildman–Crippen LogP) is 4.76. The third kappa shape index (κ3) is 3.40. The van der Waals surface area contributed by atoms with Crippen LogP contribution < -0.4 is 5.36 Å². The summed E-state index contributed by atoms with van der Waals surface area (Å²) >= 11 is 8.06. The predicted molar refractivity (Wildman–Crippen MR) is 97.7 cm³/mol. The van der Waals surface area contributed by atoms with E-state index >= 15 is 0 Å². The van der Waals surface area contributed by atoms with E-state index in [1.165, 1.54) is 0 Å². The molecule has 2 aromatic heterocycles. The number of hydrogen-bond donors (Lipinski definition) is 0. The SMILES string of the molecule is CC(C)(C)[S@@+]([O-])/N=c1\c2cc(Br)ccc2oc2cnc(Cl)cc12. The van der Waals surface area contributed by atoms with Crippen molar-refractivity contribution in [2.24, 2.45) is 4.40 Å². The molecule has 0 saturated carbocycles. The summed E-state index contributed by atoms with van der Waals surface area (Å²) in [5.74, 6) is 0. The second-order valence-corrected chi connectivity index (χ2v) is 9.26. The van der Waals surface area contributed by atoms with Crippen LogP contribution in [0.4, 0.5) is 0 Å². The Kier molecular flexibility index (Phi) is 4.44. The third-order valence-corrected chi connectivity index (χ3v) is 5.30. The van der Waals surface area contributed by atoms with Gasteiger partial charge in [-0.2, -0.15) is 0 Å². The van der Waals surface area contributed by atoms with Crippen LogP contribution in [0, 0.1) is 0 Å². The monoisotopic (exact) mass is 412 g/mol. The molecular formula is C16H14BrClN2O2S. The van der Waals surface area contributed by atoms with Crippen LogP contribution in [0.2, 0.25) is 5.15 Å². The van der Waals surface area contributed by atoms with Crippen LogP contribution in [0.3, 0.4) is 0 Å². The van der Waals surface area contributed by atoms with Crippen LogP contribution in [-0.4, -0.2) is 14.3 Å². The molecule has 0 bridgehead atoms. The fourth-order valence-corrected chi connectivity index (χ4v) is 3.20. The smallest absolute Gasteiger partial charge is 0.155 e. The molecule has 0 spiro atoms. The summed E-state index contributed by atoms with van der Waals surface area (Å²) in [6.45, 7) is 5.65. The van der Waals surface area contributed by atoms with Crippen molar-refractivity contribution in [2.75, 3.05) is 0 Å². The van der Waals surface area contributed by atoms with Crippen LogP contribution in [0.15, 0.2) is 43.7 Å². The fraction of sp³-hybridized carbons (Fsp3) is 0.250. The number of nitrogens with zero attached hydrogens (tertiary/aromatic N) is 2. The van der Waals surface area contributed by atoms with Gasteiger partial charge in [-0.25, -0.2) is 4.98 Å². The van der Waals surface area contributed by atoms with Gasteiger partial charge in [0, 0.05) is 9.86 Å². The Morgan fingerprint density at radius 1 is 1.22 bits per heavy atom. The summed E-state index contributed by atoms with van der Waals surface area (Å²) in [7, 11) is 0. The van der Waals surface area contributed by atoms with Gasteiger partial charge in [-0.05, 0) is 45.0 Å². The van der Waals surface area contributed by atoms with Gasteiger partial charge in [0.05, 0.1) is 11.6 Å². The third-order valence-electron chi connectivity index (χ3n) is 3.20. The minimum atomic E-state index is -1.41. The topological polar surface area (TPSA) is 61.5 Å². The van der Waals surface area contributed by atoms with Crippen molar-refractivity contribution in [3.63, 3.8) is 0 Å². The quantitative estimate of drug-likeness (QED) is 0.328. The zero-order chi connectivity index (χ0) is 16.8. The number of pyridine rings is 1. The van der Waals surface area contributed by atoms with Gasteiger partial charge in [0.15, 0.2) is 5.58 Å². The summed E-state index contributed by atoms with van der Waals surface area (Å²) < 4.78 is 23.3. The highest BCUT2D eigenvalue weighted by Gasteiger charge is 2.27. The van der Waals surface area contributed by atoms with Crippen molar-refractivity contribution < 1.29 is 8.97 Å². The van der Waals surface area contributed by atoms with Crippen molar-refractivity contribution in [2.45, 2.75) is 25.5 Å². The number of halogens is 2. The Hall–Kier alpha value is -1.08. The normalized spacial score (nSPS) is 14.6. The maximum absolute atomic E-state index is 12.5. The summed E-state index contributed by atoms with van der Waals surface area (Å²) in [5, 5.41) is 2.39. The van der Waals surface area contributed by atoms with E-state index in [1.54, 1.807) is 12.3 Å². The lowest BCUT2D eigenvalue weighted by Crippen LogP contribution is -2.28. The van der Waals surface area contributed by atoms with Crippen molar-refractivity contribution in [1.82, 2.24) is 4.98 Å². The minimum Gasteiger partial charge on any atom is -0.591 e. The van der Waals surface area contributed by atoms with Gasteiger partial charge in [0.25, 0.3) is 0 Å². The van der Waals surface area contributed by atoms with Gasteiger partial charge in [0.1, 0.15) is 32.2 Å². The van der Waals surface area contributed by atoms with Gasteiger partial charge in [-0.1, -0.05) is 31.9 Å². The van der Waals surface area contributed by atoms with Crippen LogP contribution >= 0.6 is 27.5 Å². The molecule has 1 atom stereocenters. The minimum absolute atomic E-state index is 0.333. The molecule has 0 aliphatic rings. The standard InChI is InChI=1S/C16H14BrClN2O2S/c1-16(2,3)23(21)20-15-10-6-9(17)4-5-12(10)22-13-8-19-14(18)7-11(13)15/h4-8H,1-3H3/b20-15+/t23-/m1/s1. The Bertz CT molecular complexity index is 903. The van der Waals surface area contributed by atoms with Gasteiger partial charge in [-0.15, -0.1) is 0 Å². The number of rotatable bonds is 1. The average Bonchev–Trinajstić information content (AvgIpc) is 2.47. The zero-order valence-corrected chi connectivity index (χ0v) is 15.9. The highest BCUT2D eigenvalue weighted by atomic mass is 79.9. The molecule has 1 aromatic carbocycles. The Morgan fingerprint density at radius 3 is 2.61 bits per heavy atom. The molecule has 120 valence electrons. The summed E-state index contributed by atoms with van der Waals surface area (Å²) in [5.41, 5.74) is 1.20. The molecular weight excluding hydrogens is 400 g/mol. The van der Waals surface area contributed by atoms with Crippen molar-refractivity contribution in [3.8, 4) is 0 Å². The number of fused-ring (bicyclic) bond motifs is 2. The van der Waals surface area contributed by atoms with Gasteiger partial charge in [-0.3, -0.25) is 0 Å². The summed E-state index contributed by atoms with van der Waals surface area (Å²) in [6, 6.07) is 7.29. The van der Waals surface area contributed by atoms with Crippen molar-refractivity contribution in [1.29, 1.82) is 0 Å². The van der Waals surface area contributed by atoms with Crippen LogP contribution in [-0.2, 0) is 11.4 Å². The number of hydrogen-bond acceptors (Lipinski definition) is 4. The van der Waals surface area contributed by atoms with E-state index in [0.717, 1.165) is 9.86 Å². The van der Waals surface area contributed by atoms with E-state index in [-0.39, 0.29) is 0 Å². The maximum Gasteiger partial charge on any atom is 0.155 e. The van der Waals surface area contributed by atoms with Crippen LogP contribution in [0.5, 0.6) is 0 Å². The molecule has 0 fully saturated rings. The average molecular weight is 414 g/mol. The maximum atomic E-state index is 12.5. The molecule has 3 rings (SSSR count). The highest BCUT2D eigenvalue weighted by molar-refractivity contribution is 9.10.